The van der Waals surface area contributed by atoms with Crippen molar-refractivity contribution in [2.75, 3.05) is 0 Å². The van der Waals surface area contributed by atoms with Gasteiger partial charge in [0.05, 0.1) is 0 Å². The van der Waals surface area contributed by atoms with Crippen molar-refractivity contribution in [3.63, 3.8) is 0 Å². The van der Waals surface area contributed by atoms with Gasteiger partial charge in [0.1, 0.15) is 11.4 Å². The predicted molar refractivity (Wildman–Crippen MR) is 44.1 cm³/mol. The molecule has 0 rings (SSSR count). The van der Waals surface area contributed by atoms with Crippen LogP contribution >= 0.6 is 0 Å². The standard InChI is InChI=1S/C5H7F3N2O4S/c1-3(9-11)4(2)10-14-15(12,13)5(6,7)8/h11H,1-2H3. The molecule has 0 saturated carbocycles. The summed E-state index contributed by atoms with van der Waals surface area (Å²) in [6.45, 7) is 2.31. The lowest BCUT2D eigenvalue weighted by Gasteiger charge is -2.04. The Kier molecular flexibility index (Phi) is 4.07. The summed E-state index contributed by atoms with van der Waals surface area (Å²) < 4.78 is 59.1. The summed E-state index contributed by atoms with van der Waals surface area (Å²) >= 11 is 0. The molecule has 0 aliphatic rings. The summed E-state index contributed by atoms with van der Waals surface area (Å²) in [5.41, 5.74) is -6.01. The highest BCUT2D eigenvalue weighted by Gasteiger charge is 2.49. The van der Waals surface area contributed by atoms with Crippen LogP contribution < -0.4 is 0 Å². The van der Waals surface area contributed by atoms with Gasteiger partial charge in [0, 0.05) is 0 Å². The molecule has 0 fully saturated rings. The fraction of sp³-hybridized carbons (Fsp3) is 0.600. The van der Waals surface area contributed by atoms with Gasteiger partial charge in [-0.3, -0.25) is 4.28 Å². The van der Waals surface area contributed by atoms with E-state index in [1.165, 1.54) is 6.92 Å². The highest BCUT2D eigenvalue weighted by molar-refractivity contribution is 7.87. The van der Waals surface area contributed by atoms with Crippen LogP contribution in [0.15, 0.2) is 10.3 Å². The number of oxime groups is 2. The van der Waals surface area contributed by atoms with Crippen molar-refractivity contribution in [2.45, 2.75) is 19.4 Å². The fourth-order valence-corrected chi connectivity index (χ4v) is 0.580. The highest BCUT2D eigenvalue weighted by Crippen LogP contribution is 2.24. The van der Waals surface area contributed by atoms with Crippen molar-refractivity contribution >= 4 is 21.5 Å². The van der Waals surface area contributed by atoms with Gasteiger partial charge < -0.3 is 5.21 Å². The summed E-state index contributed by atoms with van der Waals surface area (Å²) in [7, 11) is -5.76. The number of nitrogens with zero attached hydrogens (tertiary/aromatic N) is 2. The fourth-order valence-electron chi connectivity index (χ4n) is 0.286. The third kappa shape index (κ3) is 3.73. The average Bonchev–Trinajstić information content (AvgIpc) is 2.11. The zero-order chi connectivity index (χ0) is 12.3. The van der Waals surface area contributed by atoms with Gasteiger partial charge in [0.15, 0.2) is 0 Å². The van der Waals surface area contributed by atoms with Crippen LogP contribution in [0.5, 0.6) is 0 Å². The Morgan fingerprint density at radius 1 is 1.27 bits per heavy atom. The third-order valence-corrected chi connectivity index (χ3v) is 2.07. The first-order valence-corrected chi connectivity index (χ1v) is 4.76. The summed E-state index contributed by atoms with van der Waals surface area (Å²) in [5, 5.41) is 13.4. The lowest BCUT2D eigenvalue weighted by molar-refractivity contribution is -0.0540. The first-order chi connectivity index (χ1) is 6.62. The molecule has 1 N–H and O–H groups in total. The molecule has 0 radical (unpaired) electrons. The van der Waals surface area contributed by atoms with Crippen LogP contribution in [0.3, 0.4) is 0 Å². The minimum Gasteiger partial charge on any atom is -0.411 e. The molecule has 0 unspecified atom stereocenters. The van der Waals surface area contributed by atoms with Gasteiger partial charge in [-0.25, -0.2) is 0 Å². The molecule has 0 spiro atoms. The number of rotatable bonds is 3. The summed E-state index contributed by atoms with van der Waals surface area (Å²) in [6.07, 6.45) is 0. The van der Waals surface area contributed by atoms with Crippen LogP contribution in [-0.2, 0) is 14.4 Å². The SMILES string of the molecule is CC(=NO)C(C)=NOS(=O)(=O)C(F)(F)F. The lowest BCUT2D eigenvalue weighted by atomic mass is 10.3. The van der Waals surface area contributed by atoms with E-state index in [2.05, 4.69) is 14.6 Å². The Morgan fingerprint density at radius 2 is 1.73 bits per heavy atom. The topological polar surface area (TPSA) is 88.3 Å². The van der Waals surface area contributed by atoms with E-state index in [4.69, 9.17) is 5.21 Å². The molecule has 0 aromatic carbocycles. The molecule has 6 nitrogen and oxygen atoms in total. The second kappa shape index (κ2) is 4.47. The van der Waals surface area contributed by atoms with Crippen molar-refractivity contribution in [3.8, 4) is 0 Å². The van der Waals surface area contributed by atoms with Crippen LogP contribution in [-0.4, -0.2) is 30.6 Å². The molecular formula is C5H7F3N2O4S. The van der Waals surface area contributed by atoms with Gasteiger partial charge in [-0.15, -0.1) is 0 Å². The van der Waals surface area contributed by atoms with Crippen LogP contribution in [0.4, 0.5) is 13.2 Å². The van der Waals surface area contributed by atoms with Gasteiger partial charge in [0.25, 0.3) is 0 Å². The van der Waals surface area contributed by atoms with E-state index in [9.17, 15) is 21.6 Å². The number of hydrogen-bond acceptors (Lipinski definition) is 6. The second-order valence-electron chi connectivity index (χ2n) is 2.34. The van der Waals surface area contributed by atoms with E-state index in [0.29, 0.717) is 0 Å². The minimum absolute atomic E-state index is 0.174. The molecule has 10 heteroatoms. The molecule has 0 bridgehead atoms. The van der Waals surface area contributed by atoms with Gasteiger partial charge in [-0.1, -0.05) is 10.3 Å². The van der Waals surface area contributed by atoms with E-state index < -0.39 is 15.6 Å². The maximum atomic E-state index is 11.7. The van der Waals surface area contributed by atoms with Gasteiger partial charge >= 0.3 is 15.6 Å². The zero-order valence-corrected chi connectivity index (χ0v) is 8.43. The average molecular weight is 248 g/mol. The van der Waals surface area contributed by atoms with Gasteiger partial charge in [-0.2, -0.15) is 21.6 Å². The minimum atomic E-state index is -5.76. The van der Waals surface area contributed by atoms with Crippen molar-refractivity contribution in [3.05, 3.63) is 0 Å². The Balaban J connectivity index is 4.82. The van der Waals surface area contributed by atoms with Gasteiger partial charge in [0.2, 0.25) is 0 Å². The van der Waals surface area contributed by atoms with Crippen molar-refractivity contribution in [1.82, 2.24) is 0 Å². The van der Waals surface area contributed by atoms with Crippen molar-refractivity contribution in [2.24, 2.45) is 10.3 Å². The second-order valence-corrected chi connectivity index (χ2v) is 3.86. The Labute approximate surface area is 83.1 Å². The van der Waals surface area contributed by atoms with Crippen LogP contribution in [0.1, 0.15) is 13.8 Å². The molecule has 0 atom stereocenters. The monoisotopic (exact) mass is 248 g/mol. The van der Waals surface area contributed by atoms with Crippen LogP contribution in [0.25, 0.3) is 0 Å². The highest BCUT2D eigenvalue weighted by atomic mass is 32.2. The molecule has 0 saturated heterocycles. The molecule has 0 aromatic heterocycles. The summed E-state index contributed by atoms with van der Waals surface area (Å²) in [6, 6.07) is 0. The Bertz CT molecular complexity index is 384. The van der Waals surface area contributed by atoms with Crippen LogP contribution in [0.2, 0.25) is 0 Å². The maximum absolute atomic E-state index is 11.7. The van der Waals surface area contributed by atoms with Crippen molar-refractivity contribution in [1.29, 1.82) is 0 Å². The number of hydrogen-bond donors (Lipinski definition) is 1. The number of halogens is 3. The van der Waals surface area contributed by atoms with Gasteiger partial charge in [-0.05, 0) is 13.8 Å². The maximum Gasteiger partial charge on any atom is 0.536 e. The molecule has 88 valence electrons. The predicted octanol–water partition coefficient (Wildman–Crippen LogP) is 1.08. The Hall–Kier alpha value is -1.32. The number of alkyl halides is 3. The van der Waals surface area contributed by atoms with E-state index in [-0.39, 0.29) is 11.4 Å². The quantitative estimate of drug-likeness (QED) is 0.350. The first-order valence-electron chi connectivity index (χ1n) is 3.35. The summed E-state index contributed by atoms with van der Waals surface area (Å²) in [4.78, 5) is 0. The Morgan fingerprint density at radius 3 is 2.07 bits per heavy atom. The molecule has 0 aliphatic carbocycles. The van der Waals surface area contributed by atoms with E-state index >= 15 is 0 Å². The smallest absolute Gasteiger partial charge is 0.411 e. The van der Waals surface area contributed by atoms with Crippen molar-refractivity contribution < 1.29 is 31.1 Å². The molecule has 0 heterocycles. The molecule has 0 amide bonds. The largest absolute Gasteiger partial charge is 0.536 e. The van der Waals surface area contributed by atoms with Crippen LogP contribution in [0, 0.1) is 0 Å². The molecular weight excluding hydrogens is 241 g/mol. The first kappa shape index (κ1) is 13.7. The third-order valence-electron chi connectivity index (χ3n) is 1.23. The molecule has 0 aliphatic heterocycles. The van der Waals surface area contributed by atoms with E-state index in [1.54, 1.807) is 0 Å². The molecule has 0 aromatic rings. The summed E-state index contributed by atoms with van der Waals surface area (Å²) in [5.74, 6) is 0. The molecule has 15 heavy (non-hydrogen) atoms. The van der Waals surface area contributed by atoms with E-state index in [0.717, 1.165) is 6.92 Å². The zero-order valence-electron chi connectivity index (χ0n) is 7.61. The normalized spacial score (nSPS) is 15.3. The van der Waals surface area contributed by atoms with E-state index in [1.807, 2.05) is 0 Å². The lowest BCUT2D eigenvalue weighted by Crippen LogP contribution is -2.24.